The van der Waals surface area contributed by atoms with Gasteiger partial charge in [-0.3, -0.25) is 4.90 Å². The second-order valence-electron chi connectivity index (χ2n) is 7.43. The molecule has 0 aromatic heterocycles. The van der Waals surface area contributed by atoms with Gasteiger partial charge in [-0.05, 0) is 42.7 Å². The van der Waals surface area contributed by atoms with Gasteiger partial charge in [-0.1, -0.05) is 30.3 Å². The van der Waals surface area contributed by atoms with Crippen molar-refractivity contribution in [3.63, 3.8) is 0 Å². The molecular formula is C22H28N2O2. The van der Waals surface area contributed by atoms with Gasteiger partial charge in [0, 0.05) is 44.3 Å². The molecule has 2 fully saturated rings. The largest absolute Gasteiger partial charge is 0.508 e. The molecule has 2 aromatic carbocycles. The standard InChI is InChI=1S/C22H28N2O2/c25-21-8-6-20(7-9-21)24-14-12-23(13-15-24)11-10-22-16-19(17-26-22)18-4-2-1-3-5-18/h1-9,19,22,25H,10-17H2/t19?,22-/m1/s1. The molecule has 0 saturated carbocycles. The summed E-state index contributed by atoms with van der Waals surface area (Å²) in [6.45, 7) is 6.26. The van der Waals surface area contributed by atoms with Crippen LogP contribution in [-0.2, 0) is 4.74 Å². The second-order valence-corrected chi connectivity index (χ2v) is 7.43. The zero-order valence-corrected chi connectivity index (χ0v) is 15.3. The number of nitrogens with zero attached hydrogens (tertiary/aromatic N) is 2. The van der Waals surface area contributed by atoms with Crippen LogP contribution in [-0.4, -0.2) is 55.4 Å². The van der Waals surface area contributed by atoms with Crippen LogP contribution in [0.3, 0.4) is 0 Å². The molecule has 0 spiro atoms. The quantitative estimate of drug-likeness (QED) is 0.894. The van der Waals surface area contributed by atoms with Gasteiger partial charge < -0.3 is 14.7 Å². The molecular weight excluding hydrogens is 324 g/mol. The average Bonchev–Trinajstić information content (AvgIpc) is 3.17. The van der Waals surface area contributed by atoms with Gasteiger partial charge in [-0.25, -0.2) is 0 Å². The van der Waals surface area contributed by atoms with Crippen LogP contribution in [0, 0.1) is 0 Å². The lowest BCUT2D eigenvalue weighted by Gasteiger charge is -2.36. The van der Waals surface area contributed by atoms with Crippen molar-refractivity contribution >= 4 is 5.69 Å². The number of ether oxygens (including phenoxy) is 1. The molecule has 0 aliphatic carbocycles. The van der Waals surface area contributed by atoms with Gasteiger partial charge in [0.15, 0.2) is 0 Å². The molecule has 2 aliphatic heterocycles. The van der Waals surface area contributed by atoms with Crippen molar-refractivity contribution in [1.29, 1.82) is 0 Å². The van der Waals surface area contributed by atoms with Gasteiger partial charge in [0.05, 0.1) is 12.7 Å². The van der Waals surface area contributed by atoms with Gasteiger partial charge >= 0.3 is 0 Å². The summed E-state index contributed by atoms with van der Waals surface area (Å²) in [5, 5.41) is 9.42. The van der Waals surface area contributed by atoms with Gasteiger partial charge in [-0.15, -0.1) is 0 Å². The minimum absolute atomic E-state index is 0.331. The number of benzene rings is 2. The van der Waals surface area contributed by atoms with Crippen LogP contribution in [0.4, 0.5) is 5.69 Å². The lowest BCUT2D eigenvalue weighted by atomic mass is 9.95. The molecule has 1 N–H and O–H groups in total. The van der Waals surface area contributed by atoms with E-state index >= 15 is 0 Å². The first-order chi connectivity index (χ1) is 12.8. The Balaban J connectivity index is 1.20. The third-order valence-corrected chi connectivity index (χ3v) is 5.71. The minimum atomic E-state index is 0.331. The Morgan fingerprint density at radius 2 is 1.65 bits per heavy atom. The number of hydrogen-bond donors (Lipinski definition) is 1. The van der Waals surface area contributed by atoms with Gasteiger partial charge in [0.25, 0.3) is 0 Å². The first-order valence-electron chi connectivity index (χ1n) is 9.71. The van der Waals surface area contributed by atoms with Gasteiger partial charge in [0.1, 0.15) is 5.75 Å². The summed E-state index contributed by atoms with van der Waals surface area (Å²) in [5.41, 5.74) is 2.62. The Kier molecular flexibility index (Phi) is 5.42. The van der Waals surface area contributed by atoms with Crippen LogP contribution in [0.5, 0.6) is 5.75 Å². The summed E-state index contributed by atoms with van der Waals surface area (Å²) in [6, 6.07) is 18.3. The van der Waals surface area contributed by atoms with E-state index in [0.717, 1.165) is 52.2 Å². The lowest BCUT2D eigenvalue weighted by molar-refractivity contribution is 0.0900. The summed E-state index contributed by atoms with van der Waals surface area (Å²) in [5.74, 6) is 0.894. The Morgan fingerprint density at radius 1 is 0.923 bits per heavy atom. The fourth-order valence-electron chi connectivity index (χ4n) is 4.08. The normalized spacial score (nSPS) is 24.1. The van der Waals surface area contributed by atoms with Crippen molar-refractivity contribution < 1.29 is 9.84 Å². The fraction of sp³-hybridized carbons (Fsp3) is 0.455. The highest BCUT2D eigenvalue weighted by molar-refractivity contribution is 5.49. The molecule has 2 heterocycles. The molecule has 2 aliphatic rings. The Bertz CT molecular complexity index is 681. The molecule has 0 bridgehead atoms. The predicted molar refractivity (Wildman–Crippen MR) is 105 cm³/mol. The van der Waals surface area contributed by atoms with E-state index in [9.17, 15) is 5.11 Å². The minimum Gasteiger partial charge on any atom is -0.508 e. The zero-order valence-electron chi connectivity index (χ0n) is 15.3. The molecule has 4 nitrogen and oxygen atoms in total. The van der Waals surface area contributed by atoms with E-state index in [4.69, 9.17) is 4.74 Å². The maximum Gasteiger partial charge on any atom is 0.115 e. The van der Waals surface area contributed by atoms with Crippen LogP contribution >= 0.6 is 0 Å². The van der Waals surface area contributed by atoms with Crippen molar-refractivity contribution in [2.45, 2.75) is 24.9 Å². The number of aromatic hydroxyl groups is 1. The molecule has 4 heteroatoms. The molecule has 26 heavy (non-hydrogen) atoms. The smallest absolute Gasteiger partial charge is 0.115 e. The van der Waals surface area contributed by atoms with Crippen molar-refractivity contribution in [2.75, 3.05) is 44.2 Å². The number of anilines is 1. The monoisotopic (exact) mass is 352 g/mol. The maximum atomic E-state index is 9.42. The van der Waals surface area contributed by atoms with Crippen LogP contribution in [0.15, 0.2) is 54.6 Å². The van der Waals surface area contributed by atoms with Crippen LogP contribution in [0.25, 0.3) is 0 Å². The van der Waals surface area contributed by atoms with E-state index in [2.05, 4.69) is 40.1 Å². The molecule has 2 atom stereocenters. The van der Waals surface area contributed by atoms with E-state index in [1.807, 2.05) is 12.1 Å². The summed E-state index contributed by atoms with van der Waals surface area (Å²) in [4.78, 5) is 4.95. The highest BCUT2D eigenvalue weighted by Crippen LogP contribution is 2.30. The van der Waals surface area contributed by atoms with Crippen LogP contribution < -0.4 is 4.90 Å². The van der Waals surface area contributed by atoms with E-state index in [1.54, 1.807) is 12.1 Å². The van der Waals surface area contributed by atoms with E-state index in [-0.39, 0.29) is 0 Å². The Morgan fingerprint density at radius 3 is 2.38 bits per heavy atom. The fourth-order valence-corrected chi connectivity index (χ4v) is 4.08. The summed E-state index contributed by atoms with van der Waals surface area (Å²) >= 11 is 0. The third kappa shape index (κ3) is 4.19. The SMILES string of the molecule is Oc1ccc(N2CCN(CC[C@@H]3CC(c4ccccc4)CO3)CC2)cc1. The number of phenolic OH excluding ortho intramolecular Hbond substituents is 1. The molecule has 4 rings (SSSR count). The number of piperazine rings is 1. The first-order valence-corrected chi connectivity index (χ1v) is 9.71. The van der Waals surface area contributed by atoms with E-state index in [1.165, 1.54) is 11.3 Å². The summed E-state index contributed by atoms with van der Waals surface area (Å²) < 4.78 is 6.05. The van der Waals surface area contributed by atoms with Gasteiger partial charge in [0.2, 0.25) is 0 Å². The van der Waals surface area contributed by atoms with Gasteiger partial charge in [-0.2, -0.15) is 0 Å². The average molecular weight is 352 g/mol. The maximum absolute atomic E-state index is 9.42. The predicted octanol–water partition coefficient (Wildman–Crippen LogP) is 3.48. The number of phenols is 1. The molecule has 1 unspecified atom stereocenters. The van der Waals surface area contributed by atoms with Crippen LogP contribution in [0.2, 0.25) is 0 Å². The van der Waals surface area contributed by atoms with Crippen LogP contribution in [0.1, 0.15) is 24.3 Å². The third-order valence-electron chi connectivity index (χ3n) is 5.71. The molecule has 0 amide bonds. The van der Waals surface area contributed by atoms with E-state index in [0.29, 0.717) is 17.8 Å². The highest BCUT2D eigenvalue weighted by Gasteiger charge is 2.27. The van der Waals surface area contributed by atoms with Crippen molar-refractivity contribution in [2.24, 2.45) is 0 Å². The molecule has 0 radical (unpaired) electrons. The molecule has 138 valence electrons. The topological polar surface area (TPSA) is 35.9 Å². The Hall–Kier alpha value is -2.04. The zero-order chi connectivity index (χ0) is 17.8. The second kappa shape index (κ2) is 8.11. The molecule has 2 saturated heterocycles. The summed E-state index contributed by atoms with van der Waals surface area (Å²) in [7, 11) is 0. The van der Waals surface area contributed by atoms with Crippen molar-refractivity contribution in [1.82, 2.24) is 4.90 Å². The number of hydrogen-bond acceptors (Lipinski definition) is 4. The Labute approximate surface area is 156 Å². The summed E-state index contributed by atoms with van der Waals surface area (Å²) in [6.07, 6.45) is 2.68. The first kappa shape index (κ1) is 17.4. The van der Waals surface area contributed by atoms with Crippen molar-refractivity contribution in [3.8, 4) is 5.75 Å². The number of rotatable bonds is 5. The highest BCUT2D eigenvalue weighted by atomic mass is 16.5. The van der Waals surface area contributed by atoms with Crippen molar-refractivity contribution in [3.05, 3.63) is 60.2 Å². The molecule has 2 aromatic rings. The lowest BCUT2D eigenvalue weighted by Crippen LogP contribution is -2.47. The van der Waals surface area contributed by atoms with E-state index < -0.39 is 0 Å².